The highest BCUT2D eigenvalue weighted by atomic mass is 79.9. The molecule has 0 aliphatic carbocycles. The highest BCUT2D eigenvalue weighted by molar-refractivity contribution is 9.10. The number of halogens is 1. The third-order valence-electron chi connectivity index (χ3n) is 6.69. The standard InChI is InChI=1S/C32H22BrN3O4/c1-39-31(38)27-26(28(37)21-11-5-2-6-12-21)30-36(35-27)32(23-13-7-3-8-14-23,24-15-9-4-10-16-24)34-29(40-30)22-17-19-25(33)20-18-22/h2-20H,1H3. The molecule has 0 saturated carbocycles. The molecule has 0 radical (unpaired) electrons. The van der Waals surface area contributed by atoms with Crippen molar-refractivity contribution >= 4 is 33.6 Å². The monoisotopic (exact) mass is 591 g/mol. The van der Waals surface area contributed by atoms with Crippen LogP contribution < -0.4 is 4.74 Å². The lowest BCUT2D eigenvalue weighted by Gasteiger charge is -2.36. The van der Waals surface area contributed by atoms with Gasteiger partial charge in [-0.15, -0.1) is 0 Å². The zero-order valence-electron chi connectivity index (χ0n) is 21.3. The summed E-state index contributed by atoms with van der Waals surface area (Å²) in [4.78, 5) is 32.3. The fraction of sp³-hybridized carbons (Fsp3) is 0.0625. The quantitative estimate of drug-likeness (QED) is 0.172. The number of carbonyl (C=O) groups excluding carboxylic acids is 2. The third-order valence-corrected chi connectivity index (χ3v) is 7.22. The third kappa shape index (κ3) is 4.23. The second-order valence-electron chi connectivity index (χ2n) is 9.06. The number of carbonyl (C=O) groups is 2. The molecule has 0 amide bonds. The van der Waals surface area contributed by atoms with E-state index >= 15 is 0 Å². The Balaban J connectivity index is 1.72. The van der Waals surface area contributed by atoms with Gasteiger partial charge in [-0.3, -0.25) is 4.79 Å². The smallest absolute Gasteiger partial charge is 0.359 e. The maximum Gasteiger partial charge on any atom is 0.359 e. The van der Waals surface area contributed by atoms with Crippen molar-refractivity contribution in [3.63, 3.8) is 0 Å². The maximum absolute atomic E-state index is 14.0. The SMILES string of the molecule is COC(=O)c1nn2c(c1C(=O)c1ccccc1)OC(c1ccc(Br)cc1)=NC2(c1ccccc1)c1ccccc1. The number of benzene rings is 4. The molecular weight excluding hydrogens is 570 g/mol. The Labute approximate surface area is 238 Å². The Bertz CT molecular complexity index is 1690. The molecular formula is C32H22BrN3O4. The van der Waals surface area contributed by atoms with Crippen LogP contribution in [0.4, 0.5) is 0 Å². The zero-order chi connectivity index (χ0) is 27.7. The fourth-order valence-corrected chi connectivity index (χ4v) is 5.06. The van der Waals surface area contributed by atoms with Crippen molar-refractivity contribution in [2.75, 3.05) is 7.11 Å². The molecule has 1 aliphatic rings. The largest absolute Gasteiger partial charge is 0.464 e. The first-order valence-corrected chi connectivity index (χ1v) is 13.3. The first kappa shape index (κ1) is 25.5. The van der Waals surface area contributed by atoms with E-state index < -0.39 is 17.4 Å². The molecule has 6 rings (SSSR count). The van der Waals surface area contributed by atoms with Gasteiger partial charge < -0.3 is 9.47 Å². The van der Waals surface area contributed by atoms with E-state index in [4.69, 9.17) is 19.6 Å². The molecule has 40 heavy (non-hydrogen) atoms. The molecule has 0 spiro atoms. The van der Waals surface area contributed by atoms with Gasteiger partial charge in [0.25, 0.3) is 0 Å². The normalized spacial score (nSPS) is 13.5. The van der Waals surface area contributed by atoms with Crippen LogP contribution in [0.3, 0.4) is 0 Å². The van der Waals surface area contributed by atoms with E-state index in [2.05, 4.69) is 15.9 Å². The highest BCUT2D eigenvalue weighted by Crippen LogP contribution is 2.44. The minimum absolute atomic E-state index is 0.00111. The lowest BCUT2D eigenvalue weighted by atomic mass is 9.90. The summed E-state index contributed by atoms with van der Waals surface area (Å²) in [6.45, 7) is 0. The molecule has 8 heteroatoms. The Morgan fingerprint density at radius 1 is 0.800 bits per heavy atom. The number of ether oxygens (including phenoxy) is 2. The van der Waals surface area contributed by atoms with Crippen LogP contribution in [0.1, 0.15) is 43.1 Å². The van der Waals surface area contributed by atoms with Gasteiger partial charge in [-0.05, 0) is 24.3 Å². The van der Waals surface area contributed by atoms with Crippen LogP contribution in [0, 0.1) is 0 Å². The summed E-state index contributed by atoms with van der Waals surface area (Å²) in [5.74, 6) is -0.819. The van der Waals surface area contributed by atoms with Crippen LogP contribution in [-0.2, 0) is 10.4 Å². The summed E-state index contributed by atoms with van der Waals surface area (Å²) in [7, 11) is 1.25. The molecule has 7 nitrogen and oxygen atoms in total. The summed E-state index contributed by atoms with van der Waals surface area (Å²) in [5.41, 5.74) is 1.12. The molecule has 5 aromatic rings. The van der Waals surface area contributed by atoms with E-state index in [0.29, 0.717) is 11.1 Å². The number of methoxy groups -OCH3 is 1. The maximum atomic E-state index is 14.0. The van der Waals surface area contributed by atoms with Gasteiger partial charge in [0.1, 0.15) is 5.56 Å². The molecule has 0 fully saturated rings. The Morgan fingerprint density at radius 2 is 1.35 bits per heavy atom. The van der Waals surface area contributed by atoms with Crippen molar-refractivity contribution in [2.45, 2.75) is 5.66 Å². The minimum Gasteiger partial charge on any atom is -0.464 e. The van der Waals surface area contributed by atoms with Gasteiger partial charge in [-0.1, -0.05) is 107 Å². The average Bonchev–Trinajstić information content (AvgIpc) is 3.41. The first-order valence-electron chi connectivity index (χ1n) is 12.5. The Kier molecular flexibility index (Phi) is 6.61. The molecule has 0 atom stereocenters. The van der Waals surface area contributed by atoms with Crippen LogP contribution in [0.2, 0.25) is 0 Å². The number of aromatic nitrogens is 2. The highest BCUT2D eigenvalue weighted by Gasteiger charge is 2.47. The average molecular weight is 592 g/mol. The summed E-state index contributed by atoms with van der Waals surface area (Å²) in [6.07, 6.45) is 0. The summed E-state index contributed by atoms with van der Waals surface area (Å²) in [5, 5.41) is 4.70. The van der Waals surface area contributed by atoms with Gasteiger partial charge in [0.15, 0.2) is 5.69 Å². The van der Waals surface area contributed by atoms with Gasteiger partial charge in [-0.25, -0.2) is 9.79 Å². The number of esters is 1. The van der Waals surface area contributed by atoms with Crippen molar-refractivity contribution in [3.05, 3.63) is 153 Å². The van der Waals surface area contributed by atoms with Crippen LogP contribution in [-0.4, -0.2) is 34.5 Å². The van der Waals surface area contributed by atoms with Crippen molar-refractivity contribution in [2.24, 2.45) is 4.99 Å². The number of ketones is 1. The fourth-order valence-electron chi connectivity index (χ4n) is 4.80. The Hall–Kier alpha value is -4.82. The number of fused-ring (bicyclic) bond motifs is 1. The predicted octanol–water partition coefficient (Wildman–Crippen LogP) is 6.25. The first-order chi connectivity index (χ1) is 19.5. The Morgan fingerprint density at radius 3 is 1.90 bits per heavy atom. The number of hydrogen-bond donors (Lipinski definition) is 0. The molecule has 0 unspecified atom stereocenters. The minimum atomic E-state index is -1.31. The number of nitrogens with zero attached hydrogens (tertiary/aromatic N) is 3. The van der Waals surface area contributed by atoms with Gasteiger partial charge in [-0.2, -0.15) is 9.78 Å². The summed E-state index contributed by atoms with van der Waals surface area (Å²) in [6, 6.07) is 35.4. The zero-order valence-corrected chi connectivity index (χ0v) is 22.9. The summed E-state index contributed by atoms with van der Waals surface area (Å²) < 4.78 is 13.9. The molecule has 2 heterocycles. The van der Waals surface area contributed by atoms with Crippen LogP contribution in [0.15, 0.2) is 125 Å². The van der Waals surface area contributed by atoms with E-state index in [-0.39, 0.29) is 23.0 Å². The van der Waals surface area contributed by atoms with E-state index in [0.717, 1.165) is 15.6 Å². The van der Waals surface area contributed by atoms with Crippen molar-refractivity contribution in [1.82, 2.24) is 9.78 Å². The van der Waals surface area contributed by atoms with Gasteiger partial charge in [0, 0.05) is 26.7 Å². The number of hydrogen-bond acceptors (Lipinski definition) is 6. The number of aliphatic imine (C=N–C) groups is 1. The van der Waals surface area contributed by atoms with Gasteiger partial charge in [0.2, 0.25) is 23.2 Å². The molecule has 0 bridgehead atoms. The van der Waals surface area contributed by atoms with Crippen molar-refractivity contribution < 1.29 is 19.1 Å². The topological polar surface area (TPSA) is 82.8 Å². The van der Waals surface area contributed by atoms with Crippen molar-refractivity contribution in [3.8, 4) is 5.88 Å². The second kappa shape index (κ2) is 10.4. The van der Waals surface area contributed by atoms with Gasteiger partial charge in [0.05, 0.1) is 7.11 Å². The molecule has 1 aliphatic heterocycles. The van der Waals surface area contributed by atoms with Crippen molar-refractivity contribution in [1.29, 1.82) is 0 Å². The molecule has 0 N–H and O–H groups in total. The van der Waals surface area contributed by atoms with Crippen LogP contribution in [0.25, 0.3) is 0 Å². The van der Waals surface area contributed by atoms with Gasteiger partial charge >= 0.3 is 5.97 Å². The second-order valence-corrected chi connectivity index (χ2v) is 9.97. The van der Waals surface area contributed by atoms with Crippen LogP contribution >= 0.6 is 15.9 Å². The summed E-state index contributed by atoms with van der Waals surface area (Å²) >= 11 is 3.48. The van der Waals surface area contributed by atoms with E-state index in [9.17, 15) is 9.59 Å². The van der Waals surface area contributed by atoms with E-state index in [1.165, 1.54) is 11.8 Å². The molecule has 0 saturated heterocycles. The molecule has 1 aromatic heterocycles. The van der Waals surface area contributed by atoms with E-state index in [1.807, 2.05) is 91.0 Å². The predicted molar refractivity (Wildman–Crippen MR) is 154 cm³/mol. The molecule has 4 aromatic carbocycles. The molecule has 196 valence electrons. The number of rotatable bonds is 6. The lowest BCUT2D eigenvalue weighted by Crippen LogP contribution is -2.41. The lowest BCUT2D eigenvalue weighted by molar-refractivity contribution is 0.0589. The van der Waals surface area contributed by atoms with E-state index in [1.54, 1.807) is 24.3 Å². The van der Waals surface area contributed by atoms with Crippen LogP contribution in [0.5, 0.6) is 5.88 Å².